The van der Waals surface area contributed by atoms with E-state index in [2.05, 4.69) is 35.4 Å². The van der Waals surface area contributed by atoms with E-state index in [1.165, 1.54) is 43.9 Å². The summed E-state index contributed by atoms with van der Waals surface area (Å²) in [6, 6.07) is 2.25. The number of hydrogen-bond donors (Lipinski definition) is 1. The quantitative estimate of drug-likeness (QED) is 0.858. The first-order chi connectivity index (χ1) is 8.72. The molecular formula is C14H26N4. The summed E-state index contributed by atoms with van der Waals surface area (Å²) in [7, 11) is 4.11. The van der Waals surface area contributed by atoms with Crippen LogP contribution in [0.15, 0.2) is 6.07 Å². The highest BCUT2D eigenvalue weighted by Gasteiger charge is 2.19. The summed E-state index contributed by atoms with van der Waals surface area (Å²) in [6.45, 7) is 6.82. The molecule has 0 unspecified atom stereocenters. The van der Waals surface area contributed by atoms with Gasteiger partial charge in [-0.1, -0.05) is 6.92 Å². The van der Waals surface area contributed by atoms with Crippen LogP contribution < -0.4 is 5.32 Å². The monoisotopic (exact) mass is 250 g/mol. The van der Waals surface area contributed by atoms with Crippen LogP contribution in [0.5, 0.6) is 0 Å². The molecule has 1 N–H and O–H groups in total. The van der Waals surface area contributed by atoms with Crippen LogP contribution in [0.3, 0.4) is 0 Å². The average molecular weight is 250 g/mol. The highest BCUT2D eigenvalue weighted by Crippen LogP contribution is 2.18. The Morgan fingerprint density at radius 2 is 2.11 bits per heavy atom. The van der Waals surface area contributed by atoms with Crippen molar-refractivity contribution in [2.45, 2.75) is 32.7 Å². The van der Waals surface area contributed by atoms with E-state index in [1.807, 2.05) is 11.7 Å². The molecule has 0 spiro atoms. The number of nitrogens with one attached hydrogen (secondary N) is 1. The van der Waals surface area contributed by atoms with Crippen molar-refractivity contribution in [3.05, 3.63) is 17.5 Å². The maximum Gasteiger partial charge on any atom is 0.0625 e. The lowest BCUT2D eigenvalue weighted by Gasteiger charge is -2.31. The summed E-state index contributed by atoms with van der Waals surface area (Å²) in [4.78, 5) is 2.56. The van der Waals surface area contributed by atoms with Gasteiger partial charge in [0.1, 0.15) is 0 Å². The van der Waals surface area contributed by atoms with Crippen LogP contribution in [0.4, 0.5) is 0 Å². The number of aromatic nitrogens is 2. The van der Waals surface area contributed by atoms with Gasteiger partial charge in [-0.05, 0) is 57.9 Å². The molecule has 0 aromatic carbocycles. The Balaban J connectivity index is 1.85. The second-order valence-electron chi connectivity index (χ2n) is 5.38. The Bertz CT molecular complexity index is 364. The number of piperidine rings is 1. The minimum atomic E-state index is 0.865. The van der Waals surface area contributed by atoms with Crippen LogP contribution in [-0.4, -0.2) is 41.4 Å². The molecule has 2 rings (SSSR count). The first kappa shape index (κ1) is 13.6. The molecule has 0 bridgehead atoms. The molecule has 1 saturated heterocycles. The first-order valence-corrected chi connectivity index (χ1v) is 7.11. The third-order valence-corrected chi connectivity index (χ3v) is 3.98. The minimum absolute atomic E-state index is 0.865. The van der Waals surface area contributed by atoms with Crippen LogP contribution >= 0.6 is 0 Å². The van der Waals surface area contributed by atoms with E-state index in [1.54, 1.807) is 0 Å². The first-order valence-electron chi connectivity index (χ1n) is 7.11. The van der Waals surface area contributed by atoms with Gasteiger partial charge in [0.15, 0.2) is 0 Å². The van der Waals surface area contributed by atoms with E-state index < -0.39 is 0 Å². The summed E-state index contributed by atoms with van der Waals surface area (Å²) in [5, 5.41) is 7.81. The van der Waals surface area contributed by atoms with Gasteiger partial charge in [-0.2, -0.15) is 5.10 Å². The Morgan fingerprint density at radius 3 is 2.67 bits per heavy atom. The van der Waals surface area contributed by atoms with Crippen molar-refractivity contribution in [3.8, 4) is 0 Å². The molecule has 1 aromatic heterocycles. The predicted molar refractivity (Wildman–Crippen MR) is 74.5 cm³/mol. The average Bonchev–Trinajstić information content (AvgIpc) is 2.73. The van der Waals surface area contributed by atoms with Crippen molar-refractivity contribution in [1.29, 1.82) is 0 Å². The van der Waals surface area contributed by atoms with Crippen LogP contribution in [0.1, 0.15) is 31.2 Å². The molecule has 4 nitrogen and oxygen atoms in total. The summed E-state index contributed by atoms with van der Waals surface area (Å²) in [5.41, 5.74) is 2.55. The Labute approximate surface area is 110 Å². The molecule has 4 heteroatoms. The molecule has 2 heterocycles. The summed E-state index contributed by atoms with van der Waals surface area (Å²) < 4.78 is 2.04. The lowest BCUT2D eigenvalue weighted by atomic mass is 9.97. The molecule has 0 atom stereocenters. The second kappa shape index (κ2) is 6.34. The van der Waals surface area contributed by atoms with Gasteiger partial charge in [-0.15, -0.1) is 0 Å². The van der Waals surface area contributed by atoms with E-state index >= 15 is 0 Å². The predicted octanol–water partition coefficient (Wildman–Crippen LogP) is 1.41. The highest BCUT2D eigenvalue weighted by atomic mass is 15.3. The fourth-order valence-electron chi connectivity index (χ4n) is 2.76. The number of rotatable bonds is 5. The second-order valence-corrected chi connectivity index (χ2v) is 5.38. The van der Waals surface area contributed by atoms with E-state index in [-0.39, 0.29) is 0 Å². The van der Waals surface area contributed by atoms with Gasteiger partial charge in [0, 0.05) is 13.6 Å². The zero-order chi connectivity index (χ0) is 13.0. The highest BCUT2D eigenvalue weighted by molar-refractivity contribution is 5.10. The van der Waals surface area contributed by atoms with Gasteiger partial charge in [-0.3, -0.25) is 9.58 Å². The van der Waals surface area contributed by atoms with Gasteiger partial charge >= 0.3 is 0 Å². The molecule has 1 aliphatic rings. The Morgan fingerprint density at radius 1 is 1.39 bits per heavy atom. The van der Waals surface area contributed by atoms with Crippen molar-refractivity contribution in [2.24, 2.45) is 13.0 Å². The lowest BCUT2D eigenvalue weighted by Crippen LogP contribution is -2.36. The SMILES string of the molecule is CCc1cc(CN2CCC(CNC)CC2)n(C)n1. The minimum Gasteiger partial charge on any atom is -0.319 e. The van der Waals surface area contributed by atoms with Gasteiger partial charge in [0.05, 0.1) is 11.4 Å². The standard InChI is InChI=1S/C14H26N4/c1-4-13-9-14(17(3)16-13)11-18-7-5-12(6-8-18)10-15-2/h9,12,15H,4-8,10-11H2,1-3H3. The molecule has 0 amide bonds. The zero-order valence-electron chi connectivity index (χ0n) is 11.9. The topological polar surface area (TPSA) is 33.1 Å². The fourth-order valence-corrected chi connectivity index (χ4v) is 2.76. The van der Waals surface area contributed by atoms with Crippen molar-refractivity contribution in [2.75, 3.05) is 26.7 Å². The van der Waals surface area contributed by atoms with Gasteiger partial charge in [0.25, 0.3) is 0 Å². The normalized spacial score (nSPS) is 18.4. The van der Waals surface area contributed by atoms with Crippen molar-refractivity contribution >= 4 is 0 Å². The number of nitrogens with zero attached hydrogens (tertiary/aromatic N) is 3. The molecule has 1 fully saturated rings. The van der Waals surface area contributed by atoms with Gasteiger partial charge < -0.3 is 5.32 Å². The largest absolute Gasteiger partial charge is 0.319 e. The summed E-state index contributed by atoms with van der Waals surface area (Å²) in [6.07, 6.45) is 3.66. The van der Waals surface area contributed by atoms with E-state index in [9.17, 15) is 0 Å². The molecule has 102 valence electrons. The maximum atomic E-state index is 4.52. The Kier molecular flexibility index (Phi) is 4.78. The zero-order valence-corrected chi connectivity index (χ0v) is 11.9. The van der Waals surface area contributed by atoms with Crippen molar-refractivity contribution in [3.63, 3.8) is 0 Å². The number of likely N-dealkylation sites (tertiary alicyclic amines) is 1. The molecule has 18 heavy (non-hydrogen) atoms. The van der Waals surface area contributed by atoms with Crippen molar-refractivity contribution < 1.29 is 0 Å². The lowest BCUT2D eigenvalue weighted by molar-refractivity contribution is 0.173. The molecule has 0 aliphatic carbocycles. The molecule has 0 radical (unpaired) electrons. The van der Waals surface area contributed by atoms with Gasteiger partial charge in [-0.25, -0.2) is 0 Å². The molecule has 1 aliphatic heterocycles. The molecular weight excluding hydrogens is 224 g/mol. The number of aryl methyl sites for hydroxylation is 2. The summed E-state index contributed by atoms with van der Waals surface area (Å²) in [5.74, 6) is 0.865. The third-order valence-electron chi connectivity index (χ3n) is 3.98. The van der Waals surface area contributed by atoms with E-state index in [4.69, 9.17) is 0 Å². The van der Waals surface area contributed by atoms with E-state index in [0.717, 1.165) is 18.9 Å². The van der Waals surface area contributed by atoms with Crippen LogP contribution in [0, 0.1) is 5.92 Å². The van der Waals surface area contributed by atoms with Crippen LogP contribution in [-0.2, 0) is 20.0 Å². The molecule has 0 saturated carbocycles. The van der Waals surface area contributed by atoms with Crippen LogP contribution in [0.25, 0.3) is 0 Å². The smallest absolute Gasteiger partial charge is 0.0625 e. The summed E-state index contributed by atoms with van der Waals surface area (Å²) >= 11 is 0. The van der Waals surface area contributed by atoms with Crippen LogP contribution in [0.2, 0.25) is 0 Å². The van der Waals surface area contributed by atoms with E-state index in [0.29, 0.717) is 0 Å². The fraction of sp³-hybridized carbons (Fsp3) is 0.786. The number of hydrogen-bond acceptors (Lipinski definition) is 3. The van der Waals surface area contributed by atoms with Gasteiger partial charge in [0.2, 0.25) is 0 Å². The maximum absolute atomic E-state index is 4.52. The van der Waals surface area contributed by atoms with Crippen molar-refractivity contribution in [1.82, 2.24) is 20.0 Å². The molecule has 1 aromatic rings. The third kappa shape index (κ3) is 3.33. The Hall–Kier alpha value is -0.870.